The third-order valence-electron chi connectivity index (χ3n) is 3.65. The van der Waals surface area contributed by atoms with Gasteiger partial charge in [0.05, 0.1) is 17.2 Å². The van der Waals surface area contributed by atoms with Gasteiger partial charge in [0, 0.05) is 17.5 Å². The number of benzene rings is 1. The molecule has 0 spiro atoms. The molecule has 0 unspecified atom stereocenters. The second-order valence-electron chi connectivity index (χ2n) is 5.70. The summed E-state index contributed by atoms with van der Waals surface area (Å²) < 4.78 is 0. The number of thiazole rings is 1. The number of carbonyl (C=O) groups is 1. The van der Waals surface area contributed by atoms with Gasteiger partial charge in [-0.2, -0.15) is 0 Å². The smallest absolute Gasteiger partial charge is 0.177 e. The SMILES string of the molecule is Cc1nc(CN(C)CC(=O)c2cc(C)c(C)cc2C)cs1. The summed E-state index contributed by atoms with van der Waals surface area (Å²) >= 11 is 1.64. The summed E-state index contributed by atoms with van der Waals surface area (Å²) in [5.74, 6) is 0.171. The number of Topliss-reactive ketones (excluding diaryl/α,β-unsaturated/α-hetero) is 1. The van der Waals surface area contributed by atoms with Crippen LogP contribution in [-0.2, 0) is 6.54 Å². The van der Waals surface area contributed by atoms with Crippen molar-refractivity contribution in [2.45, 2.75) is 34.2 Å². The van der Waals surface area contributed by atoms with Gasteiger partial charge in [0.1, 0.15) is 0 Å². The van der Waals surface area contributed by atoms with Gasteiger partial charge in [-0.25, -0.2) is 4.98 Å². The monoisotopic (exact) mass is 302 g/mol. The third-order valence-corrected chi connectivity index (χ3v) is 4.48. The van der Waals surface area contributed by atoms with Crippen molar-refractivity contribution in [2.75, 3.05) is 13.6 Å². The Bertz CT molecular complexity index is 661. The summed E-state index contributed by atoms with van der Waals surface area (Å²) in [6.07, 6.45) is 0. The molecule has 1 aromatic heterocycles. The summed E-state index contributed by atoms with van der Waals surface area (Å²) in [6.45, 7) is 9.25. The Morgan fingerprint density at radius 3 is 2.43 bits per heavy atom. The van der Waals surface area contributed by atoms with E-state index in [-0.39, 0.29) is 5.78 Å². The zero-order valence-corrected chi connectivity index (χ0v) is 14.2. The van der Waals surface area contributed by atoms with Crippen LogP contribution < -0.4 is 0 Å². The van der Waals surface area contributed by atoms with Crippen molar-refractivity contribution >= 4 is 17.1 Å². The second kappa shape index (κ2) is 6.50. The molecule has 0 aliphatic rings. The van der Waals surface area contributed by atoms with E-state index >= 15 is 0 Å². The van der Waals surface area contributed by atoms with E-state index < -0.39 is 0 Å². The van der Waals surface area contributed by atoms with Gasteiger partial charge in [0.2, 0.25) is 0 Å². The number of hydrogen-bond donors (Lipinski definition) is 0. The van der Waals surface area contributed by atoms with Gasteiger partial charge < -0.3 is 0 Å². The molecule has 0 saturated carbocycles. The number of rotatable bonds is 5. The molecule has 1 heterocycles. The molecule has 0 aliphatic heterocycles. The van der Waals surface area contributed by atoms with Crippen LogP contribution in [0.3, 0.4) is 0 Å². The second-order valence-corrected chi connectivity index (χ2v) is 6.77. The maximum Gasteiger partial charge on any atom is 0.177 e. The number of ketones is 1. The van der Waals surface area contributed by atoms with Crippen LogP contribution in [0.4, 0.5) is 0 Å². The fraction of sp³-hybridized carbons (Fsp3) is 0.412. The summed E-state index contributed by atoms with van der Waals surface area (Å²) in [5.41, 5.74) is 5.32. The predicted molar refractivity (Wildman–Crippen MR) is 88.2 cm³/mol. The molecule has 2 aromatic rings. The molecule has 0 bridgehead atoms. The van der Waals surface area contributed by atoms with Crippen molar-refractivity contribution in [3.8, 4) is 0 Å². The zero-order chi connectivity index (χ0) is 15.6. The third kappa shape index (κ3) is 3.99. The molecule has 0 fully saturated rings. The standard InChI is InChI=1S/C17H22N2OS/c1-11-6-13(3)16(7-12(11)2)17(20)9-19(5)8-15-10-21-14(4)18-15/h6-7,10H,8-9H2,1-5H3. The fourth-order valence-corrected chi connectivity index (χ4v) is 3.01. The highest BCUT2D eigenvalue weighted by Crippen LogP contribution is 2.17. The molecule has 0 atom stereocenters. The molecular formula is C17H22N2OS. The Morgan fingerprint density at radius 2 is 1.81 bits per heavy atom. The van der Waals surface area contributed by atoms with Gasteiger partial charge in [-0.3, -0.25) is 9.69 Å². The Hall–Kier alpha value is -1.52. The highest BCUT2D eigenvalue weighted by molar-refractivity contribution is 7.09. The Balaban J connectivity index is 2.05. The van der Waals surface area contributed by atoms with Crippen LogP contribution >= 0.6 is 11.3 Å². The van der Waals surface area contributed by atoms with E-state index in [0.717, 1.165) is 21.8 Å². The van der Waals surface area contributed by atoms with Gasteiger partial charge >= 0.3 is 0 Å². The normalized spacial score (nSPS) is 11.1. The summed E-state index contributed by atoms with van der Waals surface area (Å²) in [6, 6.07) is 4.10. The van der Waals surface area contributed by atoms with Crippen molar-refractivity contribution in [3.63, 3.8) is 0 Å². The minimum atomic E-state index is 0.171. The largest absolute Gasteiger partial charge is 0.293 e. The Morgan fingerprint density at radius 1 is 1.14 bits per heavy atom. The molecule has 112 valence electrons. The quantitative estimate of drug-likeness (QED) is 0.790. The van der Waals surface area contributed by atoms with E-state index in [4.69, 9.17) is 0 Å². The number of nitrogens with zero attached hydrogens (tertiary/aromatic N) is 2. The molecule has 1 aromatic carbocycles. The van der Waals surface area contributed by atoms with Gasteiger partial charge in [0.25, 0.3) is 0 Å². The van der Waals surface area contributed by atoms with Crippen molar-refractivity contribution in [1.82, 2.24) is 9.88 Å². The van der Waals surface area contributed by atoms with Gasteiger partial charge in [-0.05, 0) is 57.5 Å². The average Bonchev–Trinajstić information content (AvgIpc) is 2.78. The van der Waals surface area contributed by atoms with Crippen molar-refractivity contribution < 1.29 is 4.79 Å². The van der Waals surface area contributed by atoms with E-state index in [1.165, 1.54) is 11.1 Å². The lowest BCUT2D eigenvalue weighted by Crippen LogP contribution is -2.26. The number of aromatic nitrogens is 1. The Labute approximate surface area is 130 Å². The van der Waals surface area contributed by atoms with Crippen LogP contribution in [0.1, 0.15) is 37.7 Å². The highest BCUT2D eigenvalue weighted by Gasteiger charge is 2.14. The van der Waals surface area contributed by atoms with Crippen molar-refractivity contribution in [1.29, 1.82) is 0 Å². The molecular weight excluding hydrogens is 280 g/mol. The molecule has 3 nitrogen and oxygen atoms in total. The van der Waals surface area contributed by atoms with E-state index in [2.05, 4.69) is 23.4 Å². The molecule has 2 rings (SSSR count). The van der Waals surface area contributed by atoms with Gasteiger partial charge in [0.15, 0.2) is 5.78 Å². The van der Waals surface area contributed by atoms with E-state index in [0.29, 0.717) is 13.1 Å². The lowest BCUT2D eigenvalue weighted by atomic mass is 9.98. The minimum absolute atomic E-state index is 0.171. The molecule has 4 heteroatoms. The van der Waals surface area contributed by atoms with Crippen LogP contribution in [0.2, 0.25) is 0 Å². The summed E-state index contributed by atoms with van der Waals surface area (Å²) in [7, 11) is 1.96. The summed E-state index contributed by atoms with van der Waals surface area (Å²) in [5, 5.41) is 3.12. The van der Waals surface area contributed by atoms with Crippen LogP contribution in [0.15, 0.2) is 17.5 Å². The van der Waals surface area contributed by atoms with Crippen LogP contribution in [-0.4, -0.2) is 29.3 Å². The fourth-order valence-electron chi connectivity index (χ4n) is 2.40. The first kappa shape index (κ1) is 15.9. The van der Waals surface area contributed by atoms with E-state index in [9.17, 15) is 4.79 Å². The maximum absolute atomic E-state index is 12.5. The van der Waals surface area contributed by atoms with Crippen molar-refractivity contribution in [3.05, 3.63) is 50.5 Å². The lowest BCUT2D eigenvalue weighted by molar-refractivity contribution is 0.0942. The Kier molecular flexibility index (Phi) is 4.91. The van der Waals surface area contributed by atoms with Gasteiger partial charge in [-0.15, -0.1) is 11.3 Å². The van der Waals surface area contributed by atoms with E-state index in [1.807, 2.05) is 38.8 Å². The molecule has 0 radical (unpaired) electrons. The maximum atomic E-state index is 12.5. The molecule has 0 amide bonds. The van der Waals surface area contributed by atoms with Gasteiger partial charge in [-0.1, -0.05) is 6.07 Å². The first-order valence-electron chi connectivity index (χ1n) is 7.07. The topological polar surface area (TPSA) is 33.2 Å². The zero-order valence-electron chi connectivity index (χ0n) is 13.4. The number of carbonyl (C=O) groups excluding carboxylic acids is 1. The molecule has 21 heavy (non-hydrogen) atoms. The minimum Gasteiger partial charge on any atom is -0.293 e. The van der Waals surface area contributed by atoms with Crippen molar-refractivity contribution in [2.24, 2.45) is 0 Å². The molecule has 0 N–H and O–H groups in total. The average molecular weight is 302 g/mol. The van der Waals surface area contributed by atoms with E-state index in [1.54, 1.807) is 11.3 Å². The number of aryl methyl sites for hydroxylation is 4. The molecule has 0 aliphatic carbocycles. The van der Waals surface area contributed by atoms with Crippen LogP contribution in [0.25, 0.3) is 0 Å². The number of hydrogen-bond acceptors (Lipinski definition) is 4. The lowest BCUT2D eigenvalue weighted by Gasteiger charge is -2.16. The highest BCUT2D eigenvalue weighted by atomic mass is 32.1. The summed E-state index contributed by atoms with van der Waals surface area (Å²) in [4.78, 5) is 18.9. The molecule has 0 saturated heterocycles. The van der Waals surface area contributed by atoms with Crippen LogP contribution in [0.5, 0.6) is 0 Å². The number of likely N-dealkylation sites (N-methyl/N-ethyl adjacent to an activating group) is 1. The van der Waals surface area contributed by atoms with Crippen LogP contribution in [0, 0.1) is 27.7 Å². The predicted octanol–water partition coefficient (Wildman–Crippen LogP) is 3.69. The first-order valence-corrected chi connectivity index (χ1v) is 7.95. The first-order chi connectivity index (χ1) is 9.86.